The average Bonchev–Trinajstić information content (AvgIpc) is 2.87. The van der Waals surface area contributed by atoms with Crippen LogP contribution in [0.5, 0.6) is 5.75 Å². The van der Waals surface area contributed by atoms with Gasteiger partial charge in [-0.15, -0.1) is 0 Å². The standard InChI is InChI=1S/C27H35N3O5/c1-6-25(31)30-15-18(2)24(34-5)16-29(4)27(33)22-13-12-21(14-23(22)35-17-19(30)3)28-26(32)20-10-8-7-9-11-20/h7-14,18-19,24H,6,15-17H2,1-5H3,(H,28,32)/t18-,19-,24+/m0/s1. The molecule has 188 valence electrons. The minimum absolute atomic E-state index is 0.0164. The minimum Gasteiger partial charge on any atom is -0.491 e. The van der Waals surface area contributed by atoms with Gasteiger partial charge in [-0.2, -0.15) is 0 Å². The fourth-order valence-electron chi connectivity index (χ4n) is 4.19. The van der Waals surface area contributed by atoms with Gasteiger partial charge < -0.3 is 24.6 Å². The van der Waals surface area contributed by atoms with Crippen LogP contribution in [0.3, 0.4) is 0 Å². The Kier molecular flexibility index (Phi) is 8.87. The summed E-state index contributed by atoms with van der Waals surface area (Å²) < 4.78 is 11.8. The first-order valence-corrected chi connectivity index (χ1v) is 12.0. The first-order valence-electron chi connectivity index (χ1n) is 12.0. The van der Waals surface area contributed by atoms with E-state index < -0.39 is 0 Å². The van der Waals surface area contributed by atoms with Gasteiger partial charge >= 0.3 is 0 Å². The Labute approximate surface area is 207 Å². The summed E-state index contributed by atoms with van der Waals surface area (Å²) in [5.41, 5.74) is 1.42. The van der Waals surface area contributed by atoms with E-state index in [1.807, 2.05) is 31.7 Å². The normalized spacial score (nSPS) is 21.3. The number of ether oxygens (including phenoxy) is 2. The highest BCUT2D eigenvalue weighted by Crippen LogP contribution is 2.27. The van der Waals surface area contributed by atoms with Crippen LogP contribution >= 0.6 is 0 Å². The number of nitrogens with zero attached hydrogens (tertiary/aromatic N) is 2. The van der Waals surface area contributed by atoms with E-state index in [1.165, 1.54) is 0 Å². The third kappa shape index (κ3) is 6.39. The molecule has 1 N–H and O–H groups in total. The molecule has 0 bridgehead atoms. The quantitative estimate of drug-likeness (QED) is 0.720. The molecule has 8 nitrogen and oxygen atoms in total. The molecule has 2 aromatic carbocycles. The molecule has 3 amide bonds. The van der Waals surface area contributed by atoms with Gasteiger partial charge in [0.25, 0.3) is 11.8 Å². The van der Waals surface area contributed by atoms with Crippen LogP contribution in [0.15, 0.2) is 48.5 Å². The zero-order chi connectivity index (χ0) is 25.5. The summed E-state index contributed by atoms with van der Waals surface area (Å²) in [5, 5.41) is 2.86. The van der Waals surface area contributed by atoms with Crippen LogP contribution in [0.1, 0.15) is 47.9 Å². The van der Waals surface area contributed by atoms with Crippen molar-refractivity contribution in [2.45, 2.75) is 39.3 Å². The lowest BCUT2D eigenvalue weighted by Gasteiger charge is -2.36. The van der Waals surface area contributed by atoms with Crippen molar-refractivity contribution in [3.8, 4) is 5.75 Å². The monoisotopic (exact) mass is 481 g/mol. The molecule has 2 aromatic rings. The molecule has 0 unspecified atom stereocenters. The number of rotatable bonds is 4. The number of amides is 3. The predicted octanol–water partition coefficient (Wildman–Crippen LogP) is 3.68. The highest BCUT2D eigenvalue weighted by molar-refractivity contribution is 6.05. The highest BCUT2D eigenvalue weighted by atomic mass is 16.5. The molecule has 0 aromatic heterocycles. The summed E-state index contributed by atoms with van der Waals surface area (Å²) in [6.45, 7) is 6.87. The van der Waals surface area contributed by atoms with E-state index in [1.54, 1.807) is 61.5 Å². The maximum atomic E-state index is 13.3. The largest absolute Gasteiger partial charge is 0.491 e. The van der Waals surface area contributed by atoms with E-state index in [4.69, 9.17) is 9.47 Å². The molecule has 0 aliphatic carbocycles. The number of carbonyl (C=O) groups excluding carboxylic acids is 3. The number of likely N-dealkylation sites (N-methyl/N-ethyl adjacent to an activating group) is 1. The van der Waals surface area contributed by atoms with E-state index in [0.717, 1.165) is 0 Å². The predicted molar refractivity (Wildman–Crippen MR) is 135 cm³/mol. The third-order valence-electron chi connectivity index (χ3n) is 6.36. The van der Waals surface area contributed by atoms with E-state index >= 15 is 0 Å². The summed E-state index contributed by atoms with van der Waals surface area (Å²) in [7, 11) is 3.35. The van der Waals surface area contributed by atoms with Crippen molar-refractivity contribution in [1.82, 2.24) is 9.80 Å². The molecular weight excluding hydrogens is 446 g/mol. The molecular formula is C27H35N3O5. The summed E-state index contributed by atoms with van der Waals surface area (Å²) in [6.07, 6.45) is 0.149. The first-order chi connectivity index (χ1) is 16.7. The lowest BCUT2D eigenvalue weighted by Crippen LogP contribution is -2.48. The van der Waals surface area contributed by atoms with Gasteiger partial charge in [-0.25, -0.2) is 0 Å². The smallest absolute Gasteiger partial charge is 0.257 e. The molecule has 0 saturated carbocycles. The second-order valence-electron chi connectivity index (χ2n) is 9.03. The molecule has 0 spiro atoms. The Balaban J connectivity index is 1.94. The van der Waals surface area contributed by atoms with Crippen LogP contribution in [-0.4, -0.2) is 73.5 Å². The van der Waals surface area contributed by atoms with Crippen LogP contribution in [0.4, 0.5) is 5.69 Å². The first kappa shape index (κ1) is 26.2. The molecule has 1 aliphatic rings. The second kappa shape index (κ2) is 11.8. The molecule has 0 fully saturated rings. The van der Waals surface area contributed by atoms with E-state index in [9.17, 15) is 14.4 Å². The van der Waals surface area contributed by atoms with Crippen LogP contribution in [0, 0.1) is 5.92 Å². The van der Waals surface area contributed by atoms with Crippen molar-refractivity contribution in [3.05, 3.63) is 59.7 Å². The van der Waals surface area contributed by atoms with Gasteiger partial charge in [0.1, 0.15) is 12.4 Å². The molecule has 0 saturated heterocycles. The van der Waals surface area contributed by atoms with Gasteiger partial charge in [0.2, 0.25) is 5.91 Å². The van der Waals surface area contributed by atoms with Crippen molar-refractivity contribution in [2.75, 3.05) is 39.2 Å². The molecule has 8 heteroatoms. The van der Waals surface area contributed by atoms with Gasteiger partial charge in [-0.1, -0.05) is 32.0 Å². The lowest BCUT2D eigenvalue weighted by molar-refractivity contribution is -0.135. The Hall–Kier alpha value is -3.39. The zero-order valence-electron chi connectivity index (χ0n) is 21.1. The van der Waals surface area contributed by atoms with Crippen LogP contribution < -0.4 is 10.1 Å². The highest BCUT2D eigenvalue weighted by Gasteiger charge is 2.30. The van der Waals surface area contributed by atoms with Crippen molar-refractivity contribution in [3.63, 3.8) is 0 Å². The number of nitrogens with one attached hydrogen (secondary N) is 1. The molecule has 3 rings (SSSR count). The molecule has 1 aliphatic heterocycles. The van der Waals surface area contributed by atoms with E-state index in [2.05, 4.69) is 5.32 Å². The summed E-state index contributed by atoms with van der Waals surface area (Å²) in [5.74, 6) is -0.0563. The van der Waals surface area contributed by atoms with Gasteiger partial charge in [-0.3, -0.25) is 14.4 Å². The van der Waals surface area contributed by atoms with Crippen molar-refractivity contribution in [1.29, 1.82) is 0 Å². The van der Waals surface area contributed by atoms with Crippen molar-refractivity contribution >= 4 is 23.4 Å². The van der Waals surface area contributed by atoms with Gasteiger partial charge in [0, 0.05) is 56.9 Å². The fraction of sp³-hybridized carbons (Fsp3) is 0.444. The molecule has 35 heavy (non-hydrogen) atoms. The average molecular weight is 482 g/mol. The minimum atomic E-state index is -0.257. The number of anilines is 1. The Morgan fingerprint density at radius 1 is 1.11 bits per heavy atom. The topological polar surface area (TPSA) is 88.2 Å². The Bertz CT molecular complexity index is 1040. The van der Waals surface area contributed by atoms with Crippen LogP contribution in [0.2, 0.25) is 0 Å². The number of carbonyl (C=O) groups is 3. The maximum Gasteiger partial charge on any atom is 0.257 e. The third-order valence-corrected chi connectivity index (χ3v) is 6.36. The maximum absolute atomic E-state index is 13.3. The number of hydrogen-bond donors (Lipinski definition) is 1. The summed E-state index contributed by atoms with van der Waals surface area (Å²) in [4.78, 5) is 42.1. The number of methoxy groups -OCH3 is 1. The molecule has 0 radical (unpaired) electrons. The van der Waals surface area contributed by atoms with Crippen LogP contribution in [-0.2, 0) is 9.53 Å². The summed E-state index contributed by atoms with van der Waals surface area (Å²) in [6, 6.07) is 13.7. The number of fused-ring (bicyclic) bond motifs is 1. The molecule has 3 atom stereocenters. The number of hydrogen-bond acceptors (Lipinski definition) is 5. The number of benzene rings is 2. The van der Waals surface area contributed by atoms with Crippen LogP contribution in [0.25, 0.3) is 0 Å². The van der Waals surface area contributed by atoms with Gasteiger partial charge in [0.05, 0.1) is 17.7 Å². The molecule has 1 heterocycles. The zero-order valence-corrected chi connectivity index (χ0v) is 21.1. The SMILES string of the molecule is CCC(=O)N1C[C@H](C)[C@H](OC)CN(C)C(=O)c2ccc(NC(=O)c3ccccc3)cc2OC[C@@H]1C. The van der Waals surface area contributed by atoms with E-state index in [-0.39, 0.29) is 42.4 Å². The van der Waals surface area contributed by atoms with Crippen molar-refractivity contribution < 1.29 is 23.9 Å². The van der Waals surface area contributed by atoms with E-state index in [0.29, 0.717) is 42.1 Å². The lowest BCUT2D eigenvalue weighted by atomic mass is 10.0. The second-order valence-corrected chi connectivity index (χ2v) is 9.03. The van der Waals surface area contributed by atoms with Gasteiger partial charge in [0.15, 0.2) is 0 Å². The Morgan fingerprint density at radius 3 is 2.49 bits per heavy atom. The van der Waals surface area contributed by atoms with Gasteiger partial charge in [-0.05, 0) is 31.2 Å². The summed E-state index contributed by atoms with van der Waals surface area (Å²) >= 11 is 0. The Morgan fingerprint density at radius 2 is 1.83 bits per heavy atom. The fourth-order valence-corrected chi connectivity index (χ4v) is 4.19. The van der Waals surface area contributed by atoms with Crippen molar-refractivity contribution in [2.24, 2.45) is 5.92 Å².